The topological polar surface area (TPSA) is 37.4 Å². The number of aryl methyl sites for hydroxylation is 1. The fraction of sp³-hybridized carbons (Fsp3) is 0.368. The van der Waals surface area contributed by atoms with Crippen LogP contribution in [0.25, 0.3) is 0 Å². The highest BCUT2D eigenvalue weighted by Gasteiger charge is 2.30. The van der Waals surface area contributed by atoms with E-state index in [0.717, 1.165) is 6.07 Å². The summed E-state index contributed by atoms with van der Waals surface area (Å²) >= 11 is 5.96. The van der Waals surface area contributed by atoms with Gasteiger partial charge in [0.25, 0.3) is 0 Å². The zero-order valence-corrected chi connectivity index (χ0v) is 16.0. The lowest BCUT2D eigenvalue weighted by Crippen LogP contribution is -2.39. The van der Waals surface area contributed by atoms with Crippen LogP contribution in [-0.2, 0) is 16.4 Å². The first-order chi connectivity index (χ1) is 12.3. The zero-order chi connectivity index (χ0) is 18.9. The Hall–Kier alpha value is -1.50. The molecule has 0 unspecified atom stereocenters. The second-order valence-electron chi connectivity index (χ2n) is 6.74. The molecule has 3 rings (SSSR count). The number of piperidine rings is 1. The third kappa shape index (κ3) is 4.24. The van der Waals surface area contributed by atoms with Crippen molar-refractivity contribution in [3.63, 3.8) is 0 Å². The Labute approximate surface area is 157 Å². The van der Waals surface area contributed by atoms with Crippen LogP contribution in [0.5, 0.6) is 0 Å². The molecular formula is C19H20ClF2NO2S. The van der Waals surface area contributed by atoms with Crippen molar-refractivity contribution in [1.29, 1.82) is 0 Å². The molecule has 1 heterocycles. The van der Waals surface area contributed by atoms with Gasteiger partial charge in [0.1, 0.15) is 11.6 Å². The largest absolute Gasteiger partial charge is 0.243 e. The summed E-state index contributed by atoms with van der Waals surface area (Å²) in [4.78, 5) is 0.232. The molecule has 7 heteroatoms. The van der Waals surface area contributed by atoms with E-state index < -0.39 is 21.7 Å². The Morgan fingerprint density at radius 2 is 1.69 bits per heavy atom. The predicted molar refractivity (Wildman–Crippen MR) is 97.7 cm³/mol. The average molecular weight is 400 g/mol. The van der Waals surface area contributed by atoms with Crippen LogP contribution in [0, 0.1) is 24.5 Å². The van der Waals surface area contributed by atoms with Crippen molar-refractivity contribution in [2.24, 2.45) is 5.92 Å². The van der Waals surface area contributed by atoms with Gasteiger partial charge in [-0.1, -0.05) is 17.7 Å². The number of halogens is 3. The molecule has 0 atom stereocenters. The standard InChI is InChI=1S/C19H20ClF2NO2S/c1-13-2-3-16(20)11-19(13)26(24,25)23-6-4-14(5-7-23)8-15-9-17(21)12-18(22)10-15/h2-3,9-12,14H,4-8H2,1H3. The van der Waals surface area contributed by atoms with Gasteiger partial charge in [-0.2, -0.15) is 4.31 Å². The van der Waals surface area contributed by atoms with E-state index >= 15 is 0 Å². The lowest BCUT2D eigenvalue weighted by molar-refractivity contribution is 0.272. The molecule has 0 radical (unpaired) electrons. The molecule has 0 saturated carbocycles. The molecular weight excluding hydrogens is 380 g/mol. The summed E-state index contributed by atoms with van der Waals surface area (Å²) < 4.78 is 53.9. The quantitative estimate of drug-likeness (QED) is 0.755. The van der Waals surface area contributed by atoms with E-state index in [0.29, 0.717) is 48.5 Å². The Balaban J connectivity index is 1.69. The monoisotopic (exact) mass is 399 g/mol. The van der Waals surface area contributed by atoms with Crippen LogP contribution in [0.1, 0.15) is 24.0 Å². The highest BCUT2D eigenvalue weighted by atomic mass is 35.5. The zero-order valence-electron chi connectivity index (χ0n) is 14.4. The van der Waals surface area contributed by atoms with Gasteiger partial charge in [0.05, 0.1) is 4.90 Å². The van der Waals surface area contributed by atoms with E-state index in [4.69, 9.17) is 11.6 Å². The molecule has 0 N–H and O–H groups in total. The third-order valence-corrected chi connectivity index (χ3v) is 7.06. The van der Waals surface area contributed by atoms with Gasteiger partial charge in [0.15, 0.2) is 0 Å². The highest BCUT2D eigenvalue weighted by molar-refractivity contribution is 7.89. The summed E-state index contributed by atoms with van der Waals surface area (Å²) in [5, 5.41) is 0.386. The number of hydrogen-bond donors (Lipinski definition) is 0. The SMILES string of the molecule is Cc1ccc(Cl)cc1S(=O)(=O)N1CCC(Cc2cc(F)cc(F)c2)CC1. The summed E-state index contributed by atoms with van der Waals surface area (Å²) in [6.07, 6.45) is 1.84. The van der Waals surface area contributed by atoms with Crippen molar-refractivity contribution in [3.05, 3.63) is 64.2 Å². The molecule has 3 nitrogen and oxygen atoms in total. The van der Waals surface area contributed by atoms with Crippen LogP contribution >= 0.6 is 11.6 Å². The van der Waals surface area contributed by atoms with Crippen LogP contribution in [0.4, 0.5) is 8.78 Å². The number of sulfonamides is 1. The molecule has 1 saturated heterocycles. The minimum atomic E-state index is -3.60. The Morgan fingerprint density at radius 1 is 1.08 bits per heavy atom. The lowest BCUT2D eigenvalue weighted by Gasteiger charge is -2.31. The minimum absolute atomic E-state index is 0.197. The number of hydrogen-bond acceptors (Lipinski definition) is 2. The lowest BCUT2D eigenvalue weighted by atomic mass is 9.91. The van der Waals surface area contributed by atoms with Gasteiger partial charge in [-0.05, 0) is 67.5 Å². The Morgan fingerprint density at radius 3 is 2.31 bits per heavy atom. The molecule has 26 heavy (non-hydrogen) atoms. The van der Waals surface area contributed by atoms with Crippen LogP contribution < -0.4 is 0 Å². The Bertz CT molecular complexity index is 890. The summed E-state index contributed by atoms with van der Waals surface area (Å²) in [7, 11) is -3.60. The second-order valence-corrected chi connectivity index (χ2v) is 9.08. The van der Waals surface area contributed by atoms with Gasteiger partial charge in [-0.15, -0.1) is 0 Å². The molecule has 0 spiro atoms. The van der Waals surface area contributed by atoms with Crippen molar-refractivity contribution in [3.8, 4) is 0 Å². The normalized spacial score (nSPS) is 16.8. The molecule has 140 valence electrons. The van der Waals surface area contributed by atoms with E-state index in [1.807, 2.05) is 0 Å². The first kappa shape index (κ1) is 19.3. The van der Waals surface area contributed by atoms with Gasteiger partial charge in [-0.3, -0.25) is 0 Å². The smallest absolute Gasteiger partial charge is 0.207 e. The van der Waals surface area contributed by atoms with Crippen molar-refractivity contribution < 1.29 is 17.2 Å². The van der Waals surface area contributed by atoms with Crippen molar-refractivity contribution in [1.82, 2.24) is 4.31 Å². The predicted octanol–water partition coefficient (Wildman–Crippen LogP) is 4.57. The van der Waals surface area contributed by atoms with Crippen molar-refractivity contribution in [2.45, 2.75) is 31.1 Å². The minimum Gasteiger partial charge on any atom is -0.207 e. The fourth-order valence-corrected chi connectivity index (χ4v) is 5.36. The first-order valence-corrected chi connectivity index (χ1v) is 10.3. The maximum Gasteiger partial charge on any atom is 0.243 e. The van der Waals surface area contributed by atoms with E-state index in [2.05, 4.69) is 0 Å². The van der Waals surface area contributed by atoms with Gasteiger partial charge < -0.3 is 0 Å². The van der Waals surface area contributed by atoms with Crippen LogP contribution in [0.3, 0.4) is 0 Å². The second kappa shape index (κ2) is 7.62. The molecule has 1 fully saturated rings. The Kier molecular flexibility index (Phi) is 5.65. The highest BCUT2D eigenvalue weighted by Crippen LogP contribution is 2.29. The summed E-state index contributed by atoms with van der Waals surface area (Å²) in [6.45, 7) is 2.52. The van der Waals surface area contributed by atoms with Gasteiger partial charge in [-0.25, -0.2) is 17.2 Å². The van der Waals surface area contributed by atoms with Gasteiger partial charge >= 0.3 is 0 Å². The molecule has 2 aromatic rings. The van der Waals surface area contributed by atoms with Crippen LogP contribution in [0.15, 0.2) is 41.3 Å². The number of nitrogens with zero attached hydrogens (tertiary/aromatic N) is 1. The average Bonchev–Trinajstić information content (AvgIpc) is 2.56. The van der Waals surface area contributed by atoms with E-state index in [1.54, 1.807) is 19.1 Å². The van der Waals surface area contributed by atoms with Crippen LogP contribution in [-0.4, -0.2) is 25.8 Å². The molecule has 1 aliphatic heterocycles. The third-order valence-electron chi connectivity index (χ3n) is 4.79. The molecule has 0 aromatic heterocycles. The van der Waals surface area contributed by atoms with Gasteiger partial charge in [0.2, 0.25) is 10.0 Å². The molecule has 0 bridgehead atoms. The van der Waals surface area contributed by atoms with Crippen LogP contribution in [0.2, 0.25) is 5.02 Å². The summed E-state index contributed by atoms with van der Waals surface area (Å²) in [6, 6.07) is 8.36. The molecule has 0 aliphatic carbocycles. The van der Waals surface area contributed by atoms with E-state index in [-0.39, 0.29) is 10.8 Å². The van der Waals surface area contributed by atoms with Crippen molar-refractivity contribution in [2.75, 3.05) is 13.1 Å². The van der Waals surface area contributed by atoms with Gasteiger partial charge in [0, 0.05) is 24.2 Å². The molecule has 0 amide bonds. The maximum atomic E-state index is 13.3. The maximum absolute atomic E-state index is 13.3. The fourth-order valence-electron chi connectivity index (χ4n) is 3.41. The summed E-state index contributed by atoms with van der Waals surface area (Å²) in [5.74, 6) is -0.976. The number of rotatable bonds is 4. The molecule has 1 aliphatic rings. The number of benzene rings is 2. The van der Waals surface area contributed by atoms with E-state index in [1.165, 1.54) is 22.5 Å². The molecule has 2 aromatic carbocycles. The van der Waals surface area contributed by atoms with E-state index in [9.17, 15) is 17.2 Å². The first-order valence-electron chi connectivity index (χ1n) is 8.47. The van der Waals surface area contributed by atoms with Crippen molar-refractivity contribution >= 4 is 21.6 Å². The summed E-state index contributed by atoms with van der Waals surface area (Å²) in [5.41, 5.74) is 1.27.